The molecule has 0 fully saturated rings. The lowest BCUT2D eigenvalue weighted by Gasteiger charge is -2.16. The molecule has 1 heterocycles. The molecule has 0 saturated carbocycles. The van der Waals surface area contributed by atoms with Crippen molar-refractivity contribution < 1.29 is 19.1 Å². The number of carbonyl (C=O) groups excluding carboxylic acids is 1. The largest absolute Gasteiger partial charge is 0.462 e. The number of esters is 1. The number of nitrogens with zero attached hydrogens (tertiary/aromatic N) is 1. The molecule has 20 heavy (non-hydrogen) atoms. The summed E-state index contributed by atoms with van der Waals surface area (Å²) in [5.74, 6) is -0.620. The molecule has 1 atom stereocenters. The molecule has 0 bridgehead atoms. The molecule has 0 aliphatic heterocycles. The number of nitriles is 1. The van der Waals surface area contributed by atoms with Gasteiger partial charge in [-0.15, -0.1) is 0 Å². The van der Waals surface area contributed by atoms with Gasteiger partial charge in [-0.3, -0.25) is 0 Å². The molecule has 1 rings (SSSR count). The highest BCUT2D eigenvalue weighted by Gasteiger charge is 2.34. The van der Waals surface area contributed by atoms with E-state index < -0.39 is 15.9 Å². The Labute approximate surface area is 130 Å². The monoisotopic (exact) mass is 337 g/mol. The first-order valence-electron chi connectivity index (χ1n) is 5.43. The van der Waals surface area contributed by atoms with Crippen molar-refractivity contribution in [2.75, 3.05) is 6.61 Å². The zero-order chi connectivity index (χ0) is 15.3. The number of aliphatic hydroxyl groups is 1. The highest BCUT2D eigenvalue weighted by atomic mass is 35.6. The van der Waals surface area contributed by atoms with Gasteiger partial charge >= 0.3 is 5.97 Å². The Hall–Kier alpha value is -1.19. The predicted octanol–water partition coefficient (Wildman–Crippen LogP) is 3.15. The molecule has 108 valence electrons. The minimum absolute atomic E-state index is 0.00241. The Morgan fingerprint density at radius 1 is 1.60 bits per heavy atom. The minimum Gasteiger partial charge on any atom is -0.462 e. The standard InChI is InChI=1S/C12H10Cl3NO4/c1-2-19-11(18)7(6-16)5-8-3-4-9(20-8)10(17)12(13,14)15/h3-5,10,17H,2H2,1H3/b7-5-. The molecule has 1 aromatic heterocycles. The van der Waals surface area contributed by atoms with Crippen molar-refractivity contribution in [3.05, 3.63) is 29.2 Å². The predicted molar refractivity (Wildman–Crippen MR) is 74.2 cm³/mol. The average molecular weight is 339 g/mol. The third-order valence-electron chi connectivity index (χ3n) is 2.13. The second-order valence-corrected chi connectivity index (χ2v) is 5.94. The van der Waals surface area contributed by atoms with E-state index in [0.717, 1.165) is 0 Å². The maximum atomic E-state index is 11.4. The van der Waals surface area contributed by atoms with E-state index in [4.69, 9.17) is 49.2 Å². The van der Waals surface area contributed by atoms with Gasteiger partial charge in [-0.1, -0.05) is 34.8 Å². The minimum atomic E-state index is -1.95. The summed E-state index contributed by atoms with van der Waals surface area (Å²) in [6, 6.07) is 4.49. The Bertz CT molecular complexity index is 554. The average Bonchev–Trinajstić information content (AvgIpc) is 2.82. The smallest absolute Gasteiger partial charge is 0.349 e. The van der Waals surface area contributed by atoms with Gasteiger partial charge in [0, 0.05) is 6.08 Å². The van der Waals surface area contributed by atoms with Gasteiger partial charge in [0.25, 0.3) is 0 Å². The molecule has 0 radical (unpaired) electrons. The Kier molecular flexibility index (Phi) is 5.90. The number of furan rings is 1. The van der Waals surface area contributed by atoms with Gasteiger partial charge in [-0.2, -0.15) is 5.26 Å². The number of hydrogen-bond acceptors (Lipinski definition) is 5. The van der Waals surface area contributed by atoms with Crippen molar-refractivity contribution in [2.24, 2.45) is 0 Å². The second kappa shape index (κ2) is 7.00. The normalized spacial score (nSPS) is 13.7. The van der Waals surface area contributed by atoms with E-state index in [1.807, 2.05) is 0 Å². The number of aliphatic hydroxyl groups excluding tert-OH is 1. The van der Waals surface area contributed by atoms with E-state index in [-0.39, 0.29) is 23.7 Å². The number of alkyl halides is 3. The van der Waals surface area contributed by atoms with Crippen LogP contribution in [0.2, 0.25) is 0 Å². The summed E-state index contributed by atoms with van der Waals surface area (Å²) in [5.41, 5.74) is -0.240. The van der Waals surface area contributed by atoms with E-state index in [1.165, 1.54) is 18.2 Å². The number of halogens is 3. The van der Waals surface area contributed by atoms with Gasteiger partial charge in [-0.05, 0) is 19.1 Å². The van der Waals surface area contributed by atoms with Crippen molar-refractivity contribution in [3.8, 4) is 6.07 Å². The fourth-order valence-electron chi connectivity index (χ4n) is 1.24. The van der Waals surface area contributed by atoms with Gasteiger partial charge < -0.3 is 14.3 Å². The number of hydrogen-bond donors (Lipinski definition) is 1. The summed E-state index contributed by atoms with van der Waals surface area (Å²) in [7, 11) is 0. The van der Waals surface area contributed by atoms with Crippen LogP contribution in [0.4, 0.5) is 0 Å². The first kappa shape index (κ1) is 16.9. The molecule has 8 heteroatoms. The number of ether oxygens (including phenoxy) is 1. The molecule has 0 amide bonds. The van der Waals surface area contributed by atoms with Crippen LogP contribution in [-0.2, 0) is 9.53 Å². The summed E-state index contributed by atoms with van der Waals surface area (Å²) < 4.78 is 7.94. The van der Waals surface area contributed by atoms with Crippen LogP contribution >= 0.6 is 34.8 Å². The van der Waals surface area contributed by atoms with Gasteiger partial charge in [0.15, 0.2) is 6.10 Å². The Morgan fingerprint density at radius 3 is 2.75 bits per heavy atom. The fourth-order valence-corrected chi connectivity index (χ4v) is 1.56. The van der Waals surface area contributed by atoms with Crippen molar-refractivity contribution >= 4 is 46.8 Å². The lowest BCUT2D eigenvalue weighted by molar-refractivity contribution is -0.137. The maximum absolute atomic E-state index is 11.4. The molecule has 1 N–H and O–H groups in total. The SMILES string of the molecule is CCOC(=O)/C(C#N)=C\c1ccc(C(O)C(Cl)(Cl)Cl)o1. The van der Waals surface area contributed by atoms with Crippen LogP contribution in [0.15, 0.2) is 22.1 Å². The quantitative estimate of drug-likeness (QED) is 0.394. The lowest BCUT2D eigenvalue weighted by Crippen LogP contribution is -2.15. The summed E-state index contributed by atoms with van der Waals surface area (Å²) in [6.07, 6.45) is -0.296. The van der Waals surface area contributed by atoms with Gasteiger partial charge in [-0.25, -0.2) is 4.79 Å². The molecule has 0 saturated heterocycles. The molecule has 0 aliphatic rings. The van der Waals surface area contributed by atoms with Crippen molar-refractivity contribution in [2.45, 2.75) is 16.8 Å². The lowest BCUT2D eigenvalue weighted by atomic mass is 10.2. The van der Waals surface area contributed by atoms with Crippen molar-refractivity contribution in [3.63, 3.8) is 0 Å². The molecule has 1 unspecified atom stereocenters. The van der Waals surface area contributed by atoms with E-state index >= 15 is 0 Å². The van der Waals surface area contributed by atoms with Crippen LogP contribution in [0.25, 0.3) is 6.08 Å². The van der Waals surface area contributed by atoms with Crippen molar-refractivity contribution in [1.29, 1.82) is 5.26 Å². The summed E-state index contributed by atoms with van der Waals surface area (Å²) in [4.78, 5) is 11.4. The second-order valence-electron chi connectivity index (χ2n) is 3.57. The molecule has 5 nitrogen and oxygen atoms in total. The van der Waals surface area contributed by atoms with Crippen LogP contribution < -0.4 is 0 Å². The van der Waals surface area contributed by atoms with Gasteiger partial charge in [0.2, 0.25) is 3.79 Å². The summed E-state index contributed by atoms with van der Waals surface area (Å²) in [5, 5.41) is 18.5. The Balaban J connectivity index is 2.97. The molecular formula is C12H10Cl3NO4. The summed E-state index contributed by atoms with van der Waals surface area (Å²) >= 11 is 16.6. The van der Waals surface area contributed by atoms with E-state index in [1.54, 1.807) is 13.0 Å². The topological polar surface area (TPSA) is 83.5 Å². The molecule has 0 aliphatic carbocycles. The number of carbonyl (C=O) groups is 1. The van der Waals surface area contributed by atoms with Crippen molar-refractivity contribution in [1.82, 2.24) is 0 Å². The van der Waals surface area contributed by atoms with E-state index in [2.05, 4.69) is 0 Å². The molecular weight excluding hydrogens is 328 g/mol. The van der Waals surface area contributed by atoms with Crippen LogP contribution in [-0.4, -0.2) is 21.5 Å². The zero-order valence-corrected chi connectivity index (χ0v) is 12.5. The van der Waals surface area contributed by atoms with E-state index in [0.29, 0.717) is 0 Å². The first-order chi connectivity index (χ1) is 9.29. The summed E-state index contributed by atoms with van der Waals surface area (Å²) in [6.45, 7) is 1.77. The third-order valence-corrected chi connectivity index (χ3v) is 2.75. The van der Waals surface area contributed by atoms with Gasteiger partial charge in [0.05, 0.1) is 6.61 Å². The maximum Gasteiger partial charge on any atom is 0.349 e. The van der Waals surface area contributed by atoms with Gasteiger partial charge in [0.1, 0.15) is 23.2 Å². The van der Waals surface area contributed by atoms with Crippen LogP contribution in [0.1, 0.15) is 24.5 Å². The van der Waals surface area contributed by atoms with Crippen LogP contribution in [0.3, 0.4) is 0 Å². The molecule has 0 spiro atoms. The van der Waals surface area contributed by atoms with E-state index in [9.17, 15) is 9.90 Å². The Morgan fingerprint density at radius 2 is 2.25 bits per heavy atom. The zero-order valence-electron chi connectivity index (χ0n) is 10.3. The molecule has 1 aromatic rings. The van der Waals surface area contributed by atoms with Crippen LogP contribution in [0, 0.1) is 11.3 Å². The fraction of sp³-hybridized carbons (Fsp3) is 0.333. The first-order valence-corrected chi connectivity index (χ1v) is 6.56. The highest BCUT2D eigenvalue weighted by molar-refractivity contribution is 6.67. The van der Waals surface area contributed by atoms with Crippen LogP contribution in [0.5, 0.6) is 0 Å². The third kappa shape index (κ3) is 4.43. The number of rotatable bonds is 4. The highest BCUT2D eigenvalue weighted by Crippen LogP contribution is 2.40. The molecule has 0 aromatic carbocycles.